The monoisotopic (exact) mass is 1890 g/mol. The summed E-state index contributed by atoms with van der Waals surface area (Å²) in [7, 11) is 4.37. The maximum absolute atomic E-state index is 13.4. The number of benzene rings is 4. The van der Waals surface area contributed by atoms with Crippen LogP contribution < -0.4 is 42.5 Å². The molecule has 12 aromatic rings. The number of anilines is 4. The fraction of sp³-hybridized carbons (Fsp3) is 0.158. The number of carbonyl (C=O) groups excluding carboxylic acids is 8. The van der Waals surface area contributed by atoms with Crippen molar-refractivity contribution < 1.29 is 64.7 Å². The maximum Gasteiger partial charge on any atom is 0.435 e. The first-order valence-corrected chi connectivity index (χ1v) is 38.5. The first-order valence-electron chi connectivity index (χ1n) is 34.3. The summed E-state index contributed by atoms with van der Waals surface area (Å²) >= 11 is 58.0. The van der Waals surface area contributed by atoms with E-state index in [4.69, 9.17) is 104 Å². The van der Waals surface area contributed by atoms with Crippen molar-refractivity contribution in [3.05, 3.63) is 275 Å². The van der Waals surface area contributed by atoms with E-state index < -0.39 is 70.6 Å². The number of amides is 8. The van der Waals surface area contributed by atoms with Gasteiger partial charge in [-0.15, -0.1) is 0 Å². The minimum Gasteiger partial charge on any atom is -0.355 e. The summed E-state index contributed by atoms with van der Waals surface area (Å²) < 4.78 is 84.3. The number of rotatable bonds is 17. The zero-order valence-electron chi connectivity index (χ0n) is 63.1. The summed E-state index contributed by atoms with van der Waals surface area (Å²) in [6.45, 7) is 10.2. The molecule has 8 aromatic heterocycles. The van der Waals surface area contributed by atoms with Gasteiger partial charge in [0.2, 0.25) is 0 Å². The van der Waals surface area contributed by atoms with E-state index in [9.17, 15) is 64.7 Å². The molecule has 8 heterocycles. The fourth-order valence-corrected chi connectivity index (χ4v) is 13.4. The van der Waals surface area contributed by atoms with Crippen molar-refractivity contribution >= 4 is 190 Å². The molecule has 12 rings (SSSR count). The number of aromatic nitrogens is 12. The van der Waals surface area contributed by atoms with Crippen LogP contribution in [0.15, 0.2) is 151 Å². The van der Waals surface area contributed by atoms with E-state index in [2.05, 4.69) is 98.8 Å². The molecule has 8 N–H and O–H groups in total. The topological polar surface area (TPSA) is 356 Å². The van der Waals surface area contributed by atoms with Crippen molar-refractivity contribution in [1.29, 1.82) is 0 Å². The van der Waals surface area contributed by atoms with Crippen LogP contribution in [-0.2, 0) is 12.4 Å². The predicted molar refractivity (Wildman–Crippen MR) is 448 cm³/mol. The highest BCUT2D eigenvalue weighted by molar-refractivity contribution is 9.10. The van der Waals surface area contributed by atoms with E-state index in [1.807, 2.05) is 0 Å². The predicted octanol–water partition coefficient (Wildman–Crippen LogP) is 18.2. The molecule has 0 saturated heterocycles. The van der Waals surface area contributed by atoms with Crippen LogP contribution in [0.25, 0.3) is 23.3 Å². The average Bonchev–Trinajstić information content (AvgIpc) is 1.62. The molecule has 0 radical (unpaired) electrons. The number of alkyl halides is 6. The Morgan fingerprint density at radius 3 is 0.883 bits per heavy atom. The number of hydrogen-bond acceptors (Lipinski definition) is 16. The van der Waals surface area contributed by atoms with Crippen LogP contribution in [-0.4, -0.2) is 134 Å². The number of nitrogens with one attached hydrogen (secondary N) is 8. The number of hydrogen-bond donors (Lipinski definition) is 8. The van der Waals surface area contributed by atoms with Crippen molar-refractivity contribution in [2.75, 3.05) is 42.4 Å². The molecule has 0 aliphatic heterocycles. The minimum atomic E-state index is -4.82. The molecule has 28 nitrogen and oxygen atoms in total. The lowest BCUT2D eigenvalue weighted by Crippen LogP contribution is -2.31. The number of aryl methyl sites for hydroxylation is 4. The summed E-state index contributed by atoms with van der Waals surface area (Å²) in [5, 5.41) is 37.9. The van der Waals surface area contributed by atoms with Gasteiger partial charge in [-0.2, -0.15) is 46.7 Å². The molecule has 624 valence electrons. The van der Waals surface area contributed by atoms with E-state index >= 15 is 0 Å². The zero-order chi connectivity index (χ0) is 88.3. The first-order chi connectivity index (χ1) is 56.5. The van der Waals surface area contributed by atoms with Crippen LogP contribution >= 0.6 is 120 Å². The number of halogens is 16. The Morgan fingerprint density at radius 2 is 0.617 bits per heavy atom. The molecule has 0 saturated carbocycles. The maximum atomic E-state index is 13.4. The largest absolute Gasteiger partial charge is 0.435 e. The van der Waals surface area contributed by atoms with Crippen LogP contribution in [0.1, 0.15) is 131 Å². The van der Waals surface area contributed by atoms with Crippen LogP contribution in [0, 0.1) is 27.7 Å². The molecule has 0 atom stereocenters. The Bertz CT molecular complexity index is 5830. The van der Waals surface area contributed by atoms with Crippen molar-refractivity contribution in [3.8, 4) is 23.3 Å². The first kappa shape index (κ1) is 92.6. The Hall–Kier alpha value is -11.3. The molecule has 8 amide bonds. The summed E-state index contributed by atoms with van der Waals surface area (Å²) in [6.07, 6.45) is -3.97. The van der Waals surface area contributed by atoms with Crippen molar-refractivity contribution in [3.63, 3.8) is 0 Å². The molecular formula is C76H60BrCl9F6N20O8. The molecule has 0 unspecified atom stereocenters. The lowest BCUT2D eigenvalue weighted by molar-refractivity contribution is -0.142. The lowest BCUT2D eigenvalue weighted by Gasteiger charge is -2.16. The second-order valence-electron chi connectivity index (χ2n) is 25.2. The van der Waals surface area contributed by atoms with E-state index in [0.29, 0.717) is 85.6 Å². The third-order valence-corrected chi connectivity index (χ3v) is 18.9. The number of nitrogens with zero attached hydrogens (tertiary/aromatic N) is 12. The molecule has 44 heteroatoms. The third-order valence-electron chi connectivity index (χ3n) is 16.3. The molecular weight excluding hydrogens is 1830 g/mol. The fourth-order valence-electron chi connectivity index (χ4n) is 11.0. The van der Waals surface area contributed by atoms with Crippen LogP contribution in [0.5, 0.6) is 0 Å². The molecule has 120 heavy (non-hydrogen) atoms. The second-order valence-corrected chi connectivity index (χ2v) is 29.7. The van der Waals surface area contributed by atoms with Gasteiger partial charge in [0.25, 0.3) is 47.3 Å². The SMILES string of the molecule is CNC(=O)c1cc(Cl)cc(C)c1NC(=O)c1cc(Br)nn1-c1ncccc1Cl.CNC(=O)c1cc(Cl)cc(C)c1NC(=O)c1cc(C(F)(F)F)nn1-c1ncccc1Cl.CNC(=O)c1cc(Cl)cc(C)c1NC(=O)c1cc(Cl)nn1-c1ncccc1Cl.Cc1cc(Cl)cc(C(=O)NC(C)C)c1NC(=O)c1cc(C(F)(F)F)nn1-c1ncccc1Cl. The molecule has 0 spiro atoms. The quantitative estimate of drug-likeness (QED) is 0.0393. The summed E-state index contributed by atoms with van der Waals surface area (Å²) in [5.74, 6) is -4.53. The Balaban J connectivity index is 0.000000182. The van der Waals surface area contributed by atoms with Gasteiger partial charge < -0.3 is 42.5 Å². The normalized spacial score (nSPS) is 11.1. The minimum absolute atomic E-state index is 0.0111. The average molecular weight is 1890 g/mol. The molecule has 0 aliphatic rings. The van der Waals surface area contributed by atoms with Gasteiger partial charge in [0, 0.05) is 96.3 Å². The highest BCUT2D eigenvalue weighted by Gasteiger charge is 2.39. The number of pyridine rings is 4. The van der Waals surface area contributed by atoms with E-state index in [1.54, 1.807) is 84.1 Å². The molecule has 0 aliphatic carbocycles. The summed E-state index contributed by atoms with van der Waals surface area (Å²) in [5.41, 5.74) is 0.263. The standard InChI is InChI=1S/C21H18Cl2F3N5O2.C19H14Cl2F3N5O2.C18H14BrCl2N5O2.C18H14Cl3N5O2/c1-10(2)28-19(32)13-8-12(22)7-11(3)17(13)29-20(33)15-9-16(21(24,25)26)30-31(15)18-14(23)5-4-6-27-18;1-9-6-10(20)7-11(17(30)25-2)15(9)27-18(31)13-8-14(19(22,23)24)28-29(13)16-12(21)4-3-5-26-16;1-9-6-10(20)7-11(17(27)22-2)15(9)24-18(28)13-8-14(19)25-26(13)16-12(21)4-3-5-23-16;1-9-6-10(19)7-11(17(27)22-2)15(9)24-18(28)13-8-14(21)25-26(13)16-12(20)4-3-5-23-16/h4-10H,1-3H3,(H,28,32)(H,29,33);3-8H,1-2H3,(H,25,30)(H,27,31);2*3-8H,1-2H3,(H,22,27)(H,24,28). The zero-order valence-corrected chi connectivity index (χ0v) is 71.5. The van der Waals surface area contributed by atoms with Gasteiger partial charge in [-0.25, -0.2) is 38.7 Å². The molecule has 0 bridgehead atoms. The Kier molecular flexibility index (Phi) is 30.7. The van der Waals surface area contributed by atoms with Gasteiger partial charge in [-0.3, -0.25) is 38.4 Å². The van der Waals surface area contributed by atoms with Crippen LogP contribution in [0.2, 0.25) is 45.3 Å². The van der Waals surface area contributed by atoms with Gasteiger partial charge in [0.05, 0.1) is 65.1 Å². The van der Waals surface area contributed by atoms with Crippen molar-refractivity contribution in [1.82, 2.24) is 80.3 Å². The Morgan fingerprint density at radius 1 is 0.358 bits per heavy atom. The highest BCUT2D eigenvalue weighted by atomic mass is 79.9. The Labute approximate surface area is 730 Å². The molecule has 4 aromatic carbocycles. The van der Waals surface area contributed by atoms with E-state index in [-0.39, 0.29) is 106 Å². The summed E-state index contributed by atoms with van der Waals surface area (Å²) in [6, 6.07) is 28.2. The van der Waals surface area contributed by atoms with E-state index in [1.165, 1.54) is 122 Å². The number of carbonyl (C=O) groups is 8. The third kappa shape index (κ3) is 22.4. The van der Waals surface area contributed by atoms with Gasteiger partial charge >= 0.3 is 12.4 Å². The van der Waals surface area contributed by atoms with Crippen molar-refractivity contribution in [2.45, 2.75) is 59.9 Å². The van der Waals surface area contributed by atoms with Crippen LogP contribution in [0.3, 0.4) is 0 Å². The lowest BCUT2D eigenvalue weighted by atomic mass is 10.1. The smallest absolute Gasteiger partial charge is 0.355 e. The van der Waals surface area contributed by atoms with Gasteiger partial charge in [0.15, 0.2) is 39.8 Å². The second kappa shape index (κ2) is 39.8. The van der Waals surface area contributed by atoms with Gasteiger partial charge in [0.1, 0.15) is 27.4 Å². The van der Waals surface area contributed by atoms with Crippen molar-refractivity contribution in [2.24, 2.45) is 0 Å². The van der Waals surface area contributed by atoms with Gasteiger partial charge in [-0.1, -0.05) is 104 Å². The highest BCUT2D eigenvalue weighted by Crippen LogP contribution is 2.37. The van der Waals surface area contributed by atoms with Gasteiger partial charge in [-0.05, 0) is 177 Å². The van der Waals surface area contributed by atoms with E-state index in [0.717, 1.165) is 0 Å². The summed E-state index contributed by atoms with van der Waals surface area (Å²) in [4.78, 5) is 118. The molecule has 0 fully saturated rings. The van der Waals surface area contributed by atoms with Crippen LogP contribution in [0.4, 0.5) is 49.1 Å².